The van der Waals surface area contributed by atoms with Crippen LogP contribution in [0.25, 0.3) is 17.1 Å². The number of rotatable bonds is 2. The van der Waals surface area contributed by atoms with E-state index in [0.29, 0.717) is 17.9 Å². The molecule has 0 aliphatic carbocycles. The lowest BCUT2D eigenvalue weighted by molar-refractivity contribution is 0.623. The molecule has 2 aromatic heterocycles. The van der Waals surface area contributed by atoms with Gasteiger partial charge in [0.25, 0.3) is 0 Å². The monoisotopic (exact) mass is 374 g/mol. The summed E-state index contributed by atoms with van der Waals surface area (Å²) in [7, 11) is 0. The fourth-order valence-electron chi connectivity index (χ4n) is 3.89. The van der Waals surface area contributed by atoms with Gasteiger partial charge in [0.1, 0.15) is 17.5 Å². The summed E-state index contributed by atoms with van der Waals surface area (Å²) >= 11 is 0. The Labute approximate surface area is 160 Å². The largest absolute Gasteiger partial charge is 0.279 e. The molecule has 2 aromatic carbocycles. The standard InChI is InChI=1S/C22H16F2N4/c23-16-5-3-14(4-6-16)18-9-10-21-26-27-22(15-2-1-11-25-13-15)28(21)20-12-17(24)7-8-19(18)20/h1-8,11-13,18H,9-10H2. The zero-order chi connectivity index (χ0) is 19.1. The van der Waals surface area contributed by atoms with E-state index in [1.165, 1.54) is 24.3 Å². The Kier molecular flexibility index (Phi) is 3.97. The van der Waals surface area contributed by atoms with E-state index in [2.05, 4.69) is 15.2 Å². The van der Waals surface area contributed by atoms with Crippen molar-refractivity contribution in [2.24, 2.45) is 0 Å². The van der Waals surface area contributed by atoms with Gasteiger partial charge in [0.05, 0.1) is 5.69 Å². The molecule has 6 heteroatoms. The minimum absolute atomic E-state index is 0.0136. The van der Waals surface area contributed by atoms with Gasteiger partial charge in [0.2, 0.25) is 0 Å². The topological polar surface area (TPSA) is 43.6 Å². The van der Waals surface area contributed by atoms with Crippen LogP contribution in [0.2, 0.25) is 0 Å². The van der Waals surface area contributed by atoms with Crippen LogP contribution >= 0.6 is 0 Å². The van der Waals surface area contributed by atoms with Gasteiger partial charge < -0.3 is 0 Å². The Bertz CT molecular complexity index is 1140. The van der Waals surface area contributed by atoms with Crippen molar-refractivity contribution in [3.05, 3.63) is 95.6 Å². The summed E-state index contributed by atoms with van der Waals surface area (Å²) in [6, 6.07) is 15.0. The van der Waals surface area contributed by atoms with Gasteiger partial charge in [-0.05, 0) is 53.9 Å². The lowest BCUT2D eigenvalue weighted by atomic mass is 9.87. The van der Waals surface area contributed by atoms with Gasteiger partial charge in [-0.25, -0.2) is 8.78 Å². The van der Waals surface area contributed by atoms with Crippen LogP contribution in [0.1, 0.15) is 29.3 Å². The minimum Gasteiger partial charge on any atom is -0.279 e. The predicted octanol–water partition coefficient (Wildman–Crippen LogP) is 4.69. The van der Waals surface area contributed by atoms with Gasteiger partial charge >= 0.3 is 0 Å². The van der Waals surface area contributed by atoms with E-state index in [0.717, 1.165) is 28.9 Å². The van der Waals surface area contributed by atoms with Crippen molar-refractivity contribution in [2.45, 2.75) is 18.8 Å². The summed E-state index contributed by atoms with van der Waals surface area (Å²) in [6.07, 6.45) is 4.86. The lowest BCUT2D eigenvalue weighted by Gasteiger charge is -2.19. The summed E-state index contributed by atoms with van der Waals surface area (Å²) in [5, 5.41) is 8.72. The maximum atomic E-state index is 14.2. The number of fused-ring (bicyclic) bond motifs is 3. The molecule has 5 rings (SSSR count). The van der Waals surface area contributed by atoms with Gasteiger partial charge in [0.15, 0.2) is 5.82 Å². The van der Waals surface area contributed by atoms with E-state index < -0.39 is 0 Å². The van der Waals surface area contributed by atoms with Crippen molar-refractivity contribution in [2.75, 3.05) is 0 Å². The highest BCUT2D eigenvalue weighted by molar-refractivity contribution is 5.60. The number of aromatic nitrogens is 4. The van der Waals surface area contributed by atoms with Crippen LogP contribution in [0.3, 0.4) is 0 Å². The maximum absolute atomic E-state index is 14.2. The van der Waals surface area contributed by atoms with Gasteiger partial charge in [-0.15, -0.1) is 10.2 Å². The van der Waals surface area contributed by atoms with Crippen molar-refractivity contribution in [3.63, 3.8) is 0 Å². The fourth-order valence-corrected chi connectivity index (χ4v) is 3.89. The molecule has 0 spiro atoms. The third kappa shape index (κ3) is 2.78. The molecule has 1 unspecified atom stereocenters. The number of aryl methyl sites for hydroxylation is 1. The van der Waals surface area contributed by atoms with E-state index in [1.807, 2.05) is 16.7 Å². The molecule has 0 fully saturated rings. The smallest absolute Gasteiger partial charge is 0.170 e. The SMILES string of the molecule is Fc1ccc(C2CCc3nnc(-c4cccnc4)n3-c3cc(F)ccc32)cc1. The minimum atomic E-state index is -0.324. The maximum Gasteiger partial charge on any atom is 0.170 e. The van der Waals surface area contributed by atoms with Gasteiger partial charge in [-0.1, -0.05) is 18.2 Å². The Morgan fingerprint density at radius 3 is 2.54 bits per heavy atom. The first-order valence-electron chi connectivity index (χ1n) is 9.10. The number of halogens is 2. The molecule has 1 atom stereocenters. The van der Waals surface area contributed by atoms with Gasteiger partial charge in [-0.3, -0.25) is 9.55 Å². The van der Waals surface area contributed by atoms with Crippen LogP contribution < -0.4 is 0 Å². The number of hydrogen-bond acceptors (Lipinski definition) is 3. The summed E-state index contributed by atoms with van der Waals surface area (Å²) in [5.74, 6) is 0.827. The Morgan fingerprint density at radius 1 is 0.929 bits per heavy atom. The quantitative estimate of drug-likeness (QED) is 0.511. The zero-order valence-electron chi connectivity index (χ0n) is 14.9. The first-order valence-corrected chi connectivity index (χ1v) is 9.10. The number of pyridine rings is 1. The van der Waals surface area contributed by atoms with Crippen LogP contribution in [0.5, 0.6) is 0 Å². The molecule has 138 valence electrons. The molecule has 0 N–H and O–H groups in total. The molecular weight excluding hydrogens is 358 g/mol. The lowest BCUT2D eigenvalue weighted by Crippen LogP contribution is -2.06. The molecule has 1 aliphatic heterocycles. The van der Waals surface area contributed by atoms with Crippen LogP contribution in [0.4, 0.5) is 8.78 Å². The molecule has 0 radical (unpaired) electrons. The summed E-state index contributed by atoms with van der Waals surface area (Å²) in [4.78, 5) is 4.17. The third-order valence-electron chi connectivity index (χ3n) is 5.19. The van der Waals surface area contributed by atoms with E-state index >= 15 is 0 Å². The van der Waals surface area contributed by atoms with Gasteiger partial charge in [-0.2, -0.15) is 0 Å². The van der Waals surface area contributed by atoms with Crippen molar-refractivity contribution in [1.82, 2.24) is 19.7 Å². The molecule has 0 saturated heterocycles. The van der Waals surface area contributed by atoms with Gasteiger partial charge in [0, 0.05) is 30.3 Å². The third-order valence-corrected chi connectivity index (χ3v) is 5.19. The van der Waals surface area contributed by atoms with Crippen LogP contribution in [-0.4, -0.2) is 19.7 Å². The van der Waals surface area contributed by atoms with Crippen LogP contribution in [0, 0.1) is 11.6 Å². The van der Waals surface area contributed by atoms with Crippen molar-refractivity contribution in [3.8, 4) is 17.1 Å². The molecule has 3 heterocycles. The Morgan fingerprint density at radius 2 is 1.75 bits per heavy atom. The zero-order valence-corrected chi connectivity index (χ0v) is 14.9. The second kappa shape index (κ2) is 6.64. The second-order valence-electron chi connectivity index (χ2n) is 6.86. The van der Waals surface area contributed by atoms with Crippen molar-refractivity contribution in [1.29, 1.82) is 0 Å². The molecule has 0 amide bonds. The van der Waals surface area contributed by atoms with Crippen LogP contribution in [0.15, 0.2) is 67.0 Å². The molecule has 28 heavy (non-hydrogen) atoms. The first-order chi connectivity index (χ1) is 13.7. The summed E-state index contributed by atoms with van der Waals surface area (Å²) in [5.41, 5.74) is 3.50. The van der Waals surface area contributed by atoms with E-state index in [1.54, 1.807) is 30.6 Å². The predicted molar refractivity (Wildman–Crippen MR) is 101 cm³/mol. The molecule has 1 aliphatic rings. The molecule has 0 bridgehead atoms. The number of hydrogen-bond donors (Lipinski definition) is 0. The second-order valence-corrected chi connectivity index (χ2v) is 6.86. The highest BCUT2D eigenvalue weighted by Crippen LogP contribution is 2.38. The molecule has 0 saturated carbocycles. The number of nitrogens with zero attached hydrogens (tertiary/aromatic N) is 4. The average molecular weight is 374 g/mol. The Hall–Kier alpha value is -3.41. The summed E-state index contributed by atoms with van der Waals surface area (Å²) in [6.45, 7) is 0. The van der Waals surface area contributed by atoms with Crippen molar-refractivity contribution < 1.29 is 8.78 Å². The Balaban J connectivity index is 1.72. The molecule has 4 nitrogen and oxygen atoms in total. The highest BCUT2D eigenvalue weighted by Gasteiger charge is 2.27. The molecule has 4 aromatic rings. The van der Waals surface area contributed by atoms with E-state index in [9.17, 15) is 8.78 Å². The first kappa shape index (κ1) is 16.7. The van der Waals surface area contributed by atoms with E-state index in [-0.39, 0.29) is 17.6 Å². The van der Waals surface area contributed by atoms with E-state index in [4.69, 9.17) is 0 Å². The van der Waals surface area contributed by atoms with Crippen LogP contribution in [-0.2, 0) is 6.42 Å². The molecular formula is C22H16F2N4. The average Bonchev–Trinajstić information content (AvgIpc) is 3.08. The highest BCUT2D eigenvalue weighted by atomic mass is 19.1. The fraction of sp³-hybridized carbons (Fsp3) is 0.136. The normalized spacial score (nSPS) is 15.6. The summed E-state index contributed by atoms with van der Waals surface area (Å²) < 4.78 is 29.6. The number of benzene rings is 2. The van der Waals surface area contributed by atoms with Crippen molar-refractivity contribution >= 4 is 0 Å².